The summed E-state index contributed by atoms with van der Waals surface area (Å²) in [6.07, 6.45) is 0.658. The van der Waals surface area contributed by atoms with Gasteiger partial charge in [-0.1, -0.05) is 12.1 Å². The molecule has 2 rings (SSSR count). The fourth-order valence-corrected chi connectivity index (χ4v) is 2.86. The van der Waals surface area contributed by atoms with E-state index in [-0.39, 0.29) is 43.0 Å². The number of ether oxygens (including phenoxy) is 1. The minimum Gasteiger partial charge on any atom is -1.00 e. The van der Waals surface area contributed by atoms with Gasteiger partial charge in [0.15, 0.2) is 0 Å². The number of hydrogen-bond acceptors (Lipinski definition) is 4. The van der Waals surface area contributed by atoms with Crippen LogP contribution in [0.15, 0.2) is 24.3 Å². The highest BCUT2D eigenvalue weighted by Gasteiger charge is 2.31. The number of methoxy groups -OCH3 is 1. The number of aliphatic hydroxyl groups excluding tert-OH is 1. The maximum absolute atomic E-state index is 11.4. The zero-order chi connectivity index (χ0) is 16.8. The fourth-order valence-electron chi connectivity index (χ4n) is 2.86. The number of hydrogen-bond donors (Lipinski definition) is 3. The second-order valence-electron chi connectivity index (χ2n) is 6.21. The van der Waals surface area contributed by atoms with E-state index >= 15 is 0 Å². The van der Waals surface area contributed by atoms with Crippen LogP contribution in [0.4, 0.5) is 0 Å². The molecule has 134 valence electrons. The molecule has 1 heterocycles. The van der Waals surface area contributed by atoms with Gasteiger partial charge in [-0.3, -0.25) is 14.9 Å². The number of nitrogens with two attached hydrogens (primary N) is 1. The van der Waals surface area contributed by atoms with E-state index in [1.54, 1.807) is 7.11 Å². The Morgan fingerprint density at radius 3 is 2.38 bits per heavy atom. The molecular weight excluding hydrogens is 332 g/mol. The minimum atomic E-state index is -0.650. The Bertz CT molecular complexity index is 534. The number of amides is 2. The van der Waals surface area contributed by atoms with Crippen molar-refractivity contribution in [3.05, 3.63) is 29.8 Å². The van der Waals surface area contributed by atoms with Crippen molar-refractivity contribution in [3.63, 3.8) is 0 Å². The van der Waals surface area contributed by atoms with E-state index in [1.165, 1.54) is 5.56 Å². The molecule has 0 radical (unpaired) electrons. The quantitative estimate of drug-likeness (QED) is 0.444. The second-order valence-corrected chi connectivity index (χ2v) is 6.21. The first-order chi connectivity index (χ1) is 11.0. The standard InChI is InChI=1S/C17H24N2O4.ClH/c1-11(7-12-3-5-14(23-2)6-4-12)18-10-15(20)13-8-16(21)19-17(22)9-13;/h3-6,11,13,15,18,20H,7-10H2,1-2H3,(H,19,21,22);1H. The van der Waals surface area contributed by atoms with Crippen LogP contribution in [0.3, 0.4) is 0 Å². The van der Waals surface area contributed by atoms with E-state index < -0.39 is 6.10 Å². The van der Waals surface area contributed by atoms with Crippen molar-refractivity contribution in [2.45, 2.75) is 38.3 Å². The molecule has 1 aromatic carbocycles. The van der Waals surface area contributed by atoms with E-state index in [0.717, 1.165) is 12.2 Å². The van der Waals surface area contributed by atoms with Crippen LogP contribution in [0.1, 0.15) is 25.3 Å². The summed E-state index contributed by atoms with van der Waals surface area (Å²) in [6.45, 7) is 2.58. The van der Waals surface area contributed by atoms with Gasteiger partial charge >= 0.3 is 0 Å². The number of carbonyl (C=O) groups excluding carboxylic acids is 2. The van der Waals surface area contributed by atoms with Crippen LogP contribution >= 0.6 is 0 Å². The van der Waals surface area contributed by atoms with Crippen molar-refractivity contribution >= 4 is 11.8 Å². The Balaban J connectivity index is 0.00000288. The van der Waals surface area contributed by atoms with E-state index in [1.807, 2.05) is 24.3 Å². The summed E-state index contributed by atoms with van der Waals surface area (Å²) in [6, 6.07) is 8.23. The molecule has 0 bridgehead atoms. The molecule has 1 saturated heterocycles. The molecule has 0 spiro atoms. The highest BCUT2D eigenvalue weighted by molar-refractivity contribution is 5.97. The van der Waals surface area contributed by atoms with Gasteiger partial charge in [-0.2, -0.15) is 0 Å². The number of aliphatic hydroxyl groups is 1. The predicted molar refractivity (Wildman–Crippen MR) is 84.8 cm³/mol. The summed E-state index contributed by atoms with van der Waals surface area (Å²) in [7, 11) is 1.64. The molecular formula is C17H25ClN2O4. The first-order valence-corrected chi connectivity index (χ1v) is 7.95. The van der Waals surface area contributed by atoms with Crippen LogP contribution in [-0.4, -0.2) is 42.7 Å². The van der Waals surface area contributed by atoms with Gasteiger partial charge in [-0.15, -0.1) is 0 Å². The Hall–Kier alpha value is -1.63. The molecule has 0 aliphatic carbocycles. The normalized spacial score (nSPS) is 17.6. The van der Waals surface area contributed by atoms with Crippen LogP contribution in [0.2, 0.25) is 0 Å². The zero-order valence-electron chi connectivity index (χ0n) is 14.0. The lowest BCUT2D eigenvalue weighted by Crippen LogP contribution is -3.00. The van der Waals surface area contributed by atoms with Gasteiger partial charge in [0.25, 0.3) is 0 Å². The minimum absolute atomic E-state index is 0. The predicted octanol–water partition coefficient (Wildman–Crippen LogP) is -3.39. The number of piperidine rings is 1. The maximum atomic E-state index is 11.4. The topological polar surface area (TPSA) is 92.2 Å². The third-order valence-corrected chi connectivity index (χ3v) is 4.21. The van der Waals surface area contributed by atoms with Crippen LogP contribution in [0, 0.1) is 5.92 Å². The van der Waals surface area contributed by atoms with Gasteiger partial charge in [0.2, 0.25) is 11.8 Å². The molecule has 7 heteroatoms. The molecule has 2 unspecified atom stereocenters. The number of quaternary nitrogens is 1. The number of carbonyl (C=O) groups is 2. The molecule has 1 aliphatic heterocycles. The summed E-state index contributed by atoms with van der Waals surface area (Å²) in [4.78, 5) is 22.7. The smallest absolute Gasteiger partial charge is 0.226 e. The molecule has 1 aromatic rings. The fraction of sp³-hybridized carbons (Fsp3) is 0.529. The van der Waals surface area contributed by atoms with Crippen molar-refractivity contribution < 1.29 is 37.2 Å². The highest BCUT2D eigenvalue weighted by Crippen LogP contribution is 2.17. The molecule has 1 aliphatic rings. The number of rotatable bonds is 7. The van der Waals surface area contributed by atoms with Crippen LogP contribution in [-0.2, 0) is 16.0 Å². The maximum Gasteiger partial charge on any atom is 0.226 e. The lowest BCUT2D eigenvalue weighted by atomic mass is 9.91. The van der Waals surface area contributed by atoms with Gasteiger partial charge in [0, 0.05) is 25.2 Å². The molecule has 24 heavy (non-hydrogen) atoms. The van der Waals surface area contributed by atoms with Gasteiger partial charge in [-0.25, -0.2) is 0 Å². The molecule has 0 saturated carbocycles. The van der Waals surface area contributed by atoms with Gasteiger partial charge < -0.3 is 27.6 Å². The second kappa shape index (κ2) is 9.61. The molecule has 2 atom stereocenters. The SMILES string of the molecule is COc1ccc(CC(C)[NH2+]CC(O)C2CC(=O)NC(=O)C2)cc1.[Cl-]. The molecule has 0 aromatic heterocycles. The van der Waals surface area contributed by atoms with E-state index in [0.29, 0.717) is 12.6 Å². The Kier molecular flexibility index (Phi) is 8.18. The van der Waals surface area contributed by atoms with Gasteiger partial charge in [-0.05, 0) is 24.6 Å². The lowest BCUT2D eigenvalue weighted by molar-refractivity contribution is -0.692. The summed E-state index contributed by atoms with van der Waals surface area (Å²) < 4.78 is 5.14. The Labute approximate surface area is 148 Å². The van der Waals surface area contributed by atoms with Crippen LogP contribution in [0.25, 0.3) is 0 Å². The third kappa shape index (κ3) is 6.11. The summed E-state index contributed by atoms with van der Waals surface area (Å²) in [5.74, 6) is -0.0325. The first kappa shape index (κ1) is 20.4. The van der Waals surface area contributed by atoms with E-state index in [4.69, 9.17) is 4.74 Å². The summed E-state index contributed by atoms with van der Waals surface area (Å²) >= 11 is 0. The average molecular weight is 357 g/mol. The molecule has 6 nitrogen and oxygen atoms in total. The largest absolute Gasteiger partial charge is 1.00 e. The van der Waals surface area contributed by atoms with Crippen molar-refractivity contribution in [3.8, 4) is 5.75 Å². The average Bonchev–Trinajstić information content (AvgIpc) is 2.52. The van der Waals surface area contributed by atoms with E-state index in [2.05, 4.69) is 17.6 Å². The molecule has 4 N–H and O–H groups in total. The lowest BCUT2D eigenvalue weighted by Gasteiger charge is -2.25. The van der Waals surface area contributed by atoms with Crippen LogP contribution < -0.4 is 27.8 Å². The monoisotopic (exact) mass is 356 g/mol. The van der Waals surface area contributed by atoms with Crippen LogP contribution in [0.5, 0.6) is 5.75 Å². The van der Waals surface area contributed by atoms with Crippen molar-refractivity contribution in [1.82, 2.24) is 5.32 Å². The molecule has 2 amide bonds. The zero-order valence-corrected chi connectivity index (χ0v) is 14.8. The Morgan fingerprint density at radius 1 is 1.25 bits per heavy atom. The number of benzene rings is 1. The number of imide groups is 1. The number of halogens is 1. The Morgan fingerprint density at radius 2 is 1.83 bits per heavy atom. The van der Waals surface area contributed by atoms with Crippen molar-refractivity contribution in [1.29, 1.82) is 0 Å². The van der Waals surface area contributed by atoms with E-state index in [9.17, 15) is 14.7 Å². The van der Waals surface area contributed by atoms with Crippen molar-refractivity contribution in [2.75, 3.05) is 13.7 Å². The summed E-state index contributed by atoms with van der Waals surface area (Å²) in [5, 5.41) is 14.5. The van der Waals surface area contributed by atoms with Crippen molar-refractivity contribution in [2.24, 2.45) is 5.92 Å². The molecule has 1 fully saturated rings. The third-order valence-electron chi connectivity index (χ3n) is 4.21. The van der Waals surface area contributed by atoms with Gasteiger partial charge in [0.1, 0.15) is 18.4 Å². The summed E-state index contributed by atoms with van der Waals surface area (Å²) in [5.41, 5.74) is 1.20. The first-order valence-electron chi connectivity index (χ1n) is 7.95. The van der Waals surface area contributed by atoms with Gasteiger partial charge in [0.05, 0.1) is 13.2 Å². The highest BCUT2D eigenvalue weighted by atomic mass is 35.5. The number of nitrogens with one attached hydrogen (secondary N) is 1.